The van der Waals surface area contributed by atoms with Gasteiger partial charge in [-0.15, -0.1) is 0 Å². The van der Waals surface area contributed by atoms with Crippen LogP contribution in [-0.4, -0.2) is 23.3 Å². The molecule has 0 saturated carbocycles. The zero-order valence-electron chi connectivity index (χ0n) is 18.7. The molecule has 3 aromatic rings. The number of nitro benzene ring substituents is 1. The lowest BCUT2D eigenvalue weighted by atomic mass is 10.1. The highest BCUT2D eigenvalue weighted by Gasteiger charge is 2.16. The Kier molecular flexibility index (Phi) is 8.51. The quantitative estimate of drug-likeness (QED) is 0.188. The molecule has 34 heavy (non-hydrogen) atoms. The minimum absolute atomic E-state index is 0.0258. The molecule has 0 fully saturated rings. The number of carbonyl (C=O) groups is 2. The van der Waals surface area contributed by atoms with E-state index in [0.717, 1.165) is 18.4 Å². The molecular weight excluding hydrogens is 434 g/mol. The summed E-state index contributed by atoms with van der Waals surface area (Å²) >= 11 is 0. The second-order valence-electron chi connectivity index (χ2n) is 7.41. The average molecular weight is 460 g/mol. The van der Waals surface area contributed by atoms with Gasteiger partial charge in [-0.25, -0.2) is 0 Å². The van der Waals surface area contributed by atoms with Crippen molar-refractivity contribution in [3.05, 3.63) is 106 Å². The van der Waals surface area contributed by atoms with Gasteiger partial charge in [-0.3, -0.25) is 19.7 Å². The number of unbranched alkanes of at least 4 members (excludes halogenated alkanes) is 1. The van der Waals surface area contributed by atoms with Crippen molar-refractivity contribution in [3.63, 3.8) is 0 Å². The van der Waals surface area contributed by atoms with Crippen molar-refractivity contribution in [3.8, 4) is 5.75 Å². The first-order chi connectivity index (χ1) is 16.5. The number of rotatable bonds is 10. The first kappa shape index (κ1) is 24.2. The molecule has 0 bridgehead atoms. The molecule has 0 atom stereocenters. The molecule has 174 valence electrons. The molecule has 0 aliphatic carbocycles. The average Bonchev–Trinajstić information content (AvgIpc) is 2.85. The Balaban J connectivity index is 1.76. The lowest BCUT2D eigenvalue weighted by Gasteiger charge is -2.12. The molecule has 0 aliphatic rings. The van der Waals surface area contributed by atoms with Crippen molar-refractivity contribution in [1.82, 2.24) is 5.32 Å². The van der Waals surface area contributed by atoms with E-state index in [-0.39, 0.29) is 11.4 Å². The maximum Gasteiger partial charge on any atom is 0.272 e. The third-order valence-electron chi connectivity index (χ3n) is 4.82. The first-order valence-corrected chi connectivity index (χ1v) is 10.8. The smallest absolute Gasteiger partial charge is 0.272 e. The van der Waals surface area contributed by atoms with E-state index in [0.29, 0.717) is 23.6 Å². The fourth-order valence-corrected chi connectivity index (χ4v) is 2.97. The maximum atomic E-state index is 13.0. The summed E-state index contributed by atoms with van der Waals surface area (Å²) in [4.78, 5) is 36.1. The van der Waals surface area contributed by atoms with Crippen LogP contribution in [0.2, 0.25) is 0 Å². The van der Waals surface area contributed by atoms with E-state index < -0.39 is 16.7 Å². The molecular formula is C26H25N3O5. The number of nitrogens with one attached hydrogen (secondary N) is 2. The number of ether oxygens (including phenoxy) is 1. The first-order valence-electron chi connectivity index (χ1n) is 10.8. The van der Waals surface area contributed by atoms with E-state index in [9.17, 15) is 19.7 Å². The molecule has 0 heterocycles. The summed E-state index contributed by atoms with van der Waals surface area (Å²) in [6.45, 7) is 2.68. The zero-order valence-corrected chi connectivity index (χ0v) is 18.7. The summed E-state index contributed by atoms with van der Waals surface area (Å²) < 4.78 is 5.62. The Hall–Kier alpha value is -4.46. The van der Waals surface area contributed by atoms with Crippen molar-refractivity contribution >= 4 is 29.3 Å². The van der Waals surface area contributed by atoms with Crippen molar-refractivity contribution < 1.29 is 19.2 Å². The molecule has 0 unspecified atom stereocenters. The van der Waals surface area contributed by atoms with E-state index in [1.165, 1.54) is 24.3 Å². The lowest BCUT2D eigenvalue weighted by Crippen LogP contribution is -2.30. The van der Waals surface area contributed by atoms with Crippen LogP contribution < -0.4 is 15.4 Å². The fraction of sp³-hybridized carbons (Fsp3) is 0.154. The van der Waals surface area contributed by atoms with Crippen molar-refractivity contribution in [2.75, 3.05) is 11.9 Å². The van der Waals surface area contributed by atoms with Gasteiger partial charge in [-0.05, 0) is 54.5 Å². The van der Waals surface area contributed by atoms with Crippen molar-refractivity contribution in [2.24, 2.45) is 0 Å². The number of carbonyl (C=O) groups excluding carboxylic acids is 2. The van der Waals surface area contributed by atoms with Crippen LogP contribution in [0.3, 0.4) is 0 Å². The molecule has 8 nitrogen and oxygen atoms in total. The number of hydrogen-bond donors (Lipinski definition) is 2. The van der Waals surface area contributed by atoms with E-state index in [1.54, 1.807) is 42.5 Å². The van der Waals surface area contributed by atoms with Gasteiger partial charge >= 0.3 is 0 Å². The fourth-order valence-electron chi connectivity index (χ4n) is 2.97. The van der Waals surface area contributed by atoms with Gasteiger partial charge in [-0.2, -0.15) is 0 Å². The zero-order chi connectivity index (χ0) is 24.3. The van der Waals surface area contributed by atoms with Crippen LogP contribution in [0.15, 0.2) is 84.6 Å². The predicted octanol–water partition coefficient (Wildman–Crippen LogP) is 5.18. The van der Waals surface area contributed by atoms with Gasteiger partial charge in [0.1, 0.15) is 11.4 Å². The Bertz CT molecular complexity index is 1160. The molecule has 8 heteroatoms. The topological polar surface area (TPSA) is 111 Å². The Morgan fingerprint density at radius 2 is 1.65 bits per heavy atom. The molecule has 3 rings (SSSR count). The SMILES string of the molecule is CCCCOc1ccc(C(=O)NC(=Cc2ccccc2)C(=O)Nc2ccc([N+](=O)[O-])cc2)cc1. The molecule has 0 radical (unpaired) electrons. The van der Waals surface area contributed by atoms with Gasteiger partial charge in [0.05, 0.1) is 11.5 Å². The minimum Gasteiger partial charge on any atom is -0.494 e. The summed E-state index contributed by atoms with van der Waals surface area (Å²) in [5.41, 5.74) is 1.38. The largest absolute Gasteiger partial charge is 0.494 e. The highest BCUT2D eigenvalue weighted by molar-refractivity contribution is 6.10. The summed E-state index contributed by atoms with van der Waals surface area (Å²) in [5.74, 6) is -0.354. The van der Waals surface area contributed by atoms with Crippen molar-refractivity contribution in [1.29, 1.82) is 0 Å². The third-order valence-corrected chi connectivity index (χ3v) is 4.82. The van der Waals surface area contributed by atoms with Gasteiger partial charge in [0.2, 0.25) is 0 Å². The number of hydrogen-bond acceptors (Lipinski definition) is 5. The predicted molar refractivity (Wildman–Crippen MR) is 130 cm³/mol. The van der Waals surface area contributed by atoms with E-state index in [2.05, 4.69) is 17.6 Å². The molecule has 0 spiro atoms. The van der Waals surface area contributed by atoms with Gasteiger partial charge in [0.25, 0.3) is 17.5 Å². The second kappa shape index (κ2) is 12.0. The molecule has 0 saturated heterocycles. The standard InChI is InChI=1S/C26H25N3O5/c1-2-3-17-34-23-15-9-20(10-16-23)25(30)28-24(18-19-7-5-4-6-8-19)26(31)27-21-11-13-22(14-12-21)29(32)33/h4-16,18H,2-3,17H2,1H3,(H,27,31)(H,28,30). The molecule has 2 N–H and O–H groups in total. The second-order valence-corrected chi connectivity index (χ2v) is 7.41. The normalized spacial score (nSPS) is 10.9. The van der Waals surface area contributed by atoms with Crippen LogP contribution in [0.5, 0.6) is 5.75 Å². The maximum absolute atomic E-state index is 13.0. The summed E-state index contributed by atoms with van der Waals surface area (Å²) in [6, 6.07) is 21.2. The number of nitro groups is 1. The van der Waals surface area contributed by atoms with Crippen LogP contribution in [0.4, 0.5) is 11.4 Å². The van der Waals surface area contributed by atoms with Crippen molar-refractivity contribution in [2.45, 2.75) is 19.8 Å². The van der Waals surface area contributed by atoms with Crippen LogP contribution in [0, 0.1) is 10.1 Å². The number of amides is 2. The molecule has 2 amide bonds. The van der Waals surface area contributed by atoms with E-state index >= 15 is 0 Å². The van der Waals surface area contributed by atoms with Gasteiger partial charge < -0.3 is 15.4 Å². The number of benzene rings is 3. The Labute approximate surface area is 197 Å². The van der Waals surface area contributed by atoms with Gasteiger partial charge in [0, 0.05) is 23.4 Å². The molecule has 3 aromatic carbocycles. The Morgan fingerprint density at radius 3 is 2.26 bits per heavy atom. The highest BCUT2D eigenvalue weighted by atomic mass is 16.6. The van der Waals surface area contributed by atoms with E-state index in [4.69, 9.17) is 4.74 Å². The number of anilines is 1. The lowest BCUT2D eigenvalue weighted by molar-refractivity contribution is -0.384. The monoisotopic (exact) mass is 459 g/mol. The number of non-ortho nitro benzene ring substituents is 1. The summed E-state index contributed by atoms with van der Waals surface area (Å²) in [6.07, 6.45) is 3.53. The van der Waals surface area contributed by atoms with Crippen LogP contribution in [0.25, 0.3) is 6.08 Å². The molecule has 0 aliphatic heterocycles. The Morgan fingerprint density at radius 1 is 0.971 bits per heavy atom. The number of nitrogens with zero attached hydrogens (tertiary/aromatic N) is 1. The van der Waals surface area contributed by atoms with Crippen LogP contribution >= 0.6 is 0 Å². The highest BCUT2D eigenvalue weighted by Crippen LogP contribution is 2.17. The van der Waals surface area contributed by atoms with Crippen LogP contribution in [0.1, 0.15) is 35.7 Å². The van der Waals surface area contributed by atoms with Gasteiger partial charge in [0.15, 0.2) is 0 Å². The third kappa shape index (κ3) is 7.03. The summed E-state index contributed by atoms with van der Waals surface area (Å²) in [7, 11) is 0. The summed E-state index contributed by atoms with van der Waals surface area (Å²) in [5, 5.41) is 16.2. The van der Waals surface area contributed by atoms with Crippen LogP contribution in [-0.2, 0) is 4.79 Å². The van der Waals surface area contributed by atoms with Gasteiger partial charge in [-0.1, -0.05) is 43.7 Å². The van der Waals surface area contributed by atoms with E-state index in [1.807, 2.05) is 18.2 Å². The minimum atomic E-state index is -0.564. The molecule has 0 aromatic heterocycles.